The van der Waals surface area contributed by atoms with Crippen molar-refractivity contribution < 1.29 is 19.4 Å². The van der Waals surface area contributed by atoms with E-state index in [1.807, 2.05) is 16.8 Å². The third-order valence-electron chi connectivity index (χ3n) is 2.52. The topological polar surface area (TPSA) is 119 Å². The lowest BCUT2D eigenvalue weighted by Crippen LogP contribution is -2.45. The van der Waals surface area contributed by atoms with E-state index in [2.05, 4.69) is 25.5 Å². The van der Waals surface area contributed by atoms with Crippen LogP contribution in [0.4, 0.5) is 0 Å². The third-order valence-corrected chi connectivity index (χ3v) is 3.20. The monoisotopic (exact) mass is 311 g/mol. The molecule has 2 aromatic rings. The SMILES string of the molecule is COC(=O)C(CO)NC(=O)Cn1nnc(-c2ccsc2)n1. The highest BCUT2D eigenvalue weighted by atomic mass is 32.1. The molecule has 0 aliphatic carbocycles. The lowest BCUT2D eigenvalue weighted by atomic mass is 10.3. The van der Waals surface area contributed by atoms with Crippen molar-refractivity contribution in [3.8, 4) is 11.4 Å². The van der Waals surface area contributed by atoms with Crippen LogP contribution in [0, 0.1) is 0 Å². The molecule has 21 heavy (non-hydrogen) atoms. The van der Waals surface area contributed by atoms with Gasteiger partial charge in [-0.15, -0.1) is 10.2 Å². The summed E-state index contributed by atoms with van der Waals surface area (Å²) in [5.74, 6) is -0.846. The fourth-order valence-corrected chi connectivity index (χ4v) is 2.14. The van der Waals surface area contributed by atoms with Crippen LogP contribution in [0.15, 0.2) is 16.8 Å². The first kappa shape index (κ1) is 15.1. The molecule has 2 N–H and O–H groups in total. The number of rotatable bonds is 6. The van der Waals surface area contributed by atoms with E-state index >= 15 is 0 Å². The summed E-state index contributed by atoms with van der Waals surface area (Å²) in [6.07, 6.45) is 0. The van der Waals surface area contributed by atoms with Crippen LogP contribution < -0.4 is 5.32 Å². The molecule has 10 heteroatoms. The number of methoxy groups -OCH3 is 1. The van der Waals surface area contributed by atoms with Crippen molar-refractivity contribution in [1.29, 1.82) is 0 Å². The maximum absolute atomic E-state index is 11.7. The number of carbonyl (C=O) groups excluding carboxylic acids is 2. The van der Waals surface area contributed by atoms with Crippen molar-refractivity contribution in [2.45, 2.75) is 12.6 Å². The molecule has 0 aliphatic rings. The second-order valence-electron chi connectivity index (χ2n) is 3.98. The van der Waals surface area contributed by atoms with Crippen LogP contribution in [0.25, 0.3) is 11.4 Å². The highest BCUT2D eigenvalue weighted by molar-refractivity contribution is 7.08. The molecule has 112 valence electrons. The van der Waals surface area contributed by atoms with Crippen LogP contribution in [-0.2, 0) is 20.9 Å². The first-order chi connectivity index (χ1) is 10.1. The molecule has 0 saturated carbocycles. The number of aromatic nitrogens is 4. The molecule has 0 fully saturated rings. The van der Waals surface area contributed by atoms with Gasteiger partial charge in [-0.25, -0.2) is 4.79 Å². The van der Waals surface area contributed by atoms with Crippen LogP contribution in [0.1, 0.15) is 0 Å². The smallest absolute Gasteiger partial charge is 0.330 e. The van der Waals surface area contributed by atoms with Crippen LogP contribution in [0.5, 0.6) is 0 Å². The number of carbonyl (C=O) groups is 2. The van der Waals surface area contributed by atoms with E-state index in [1.165, 1.54) is 18.4 Å². The van der Waals surface area contributed by atoms with E-state index in [-0.39, 0.29) is 6.54 Å². The average molecular weight is 311 g/mol. The van der Waals surface area contributed by atoms with Gasteiger partial charge in [0.2, 0.25) is 11.7 Å². The van der Waals surface area contributed by atoms with Crippen molar-refractivity contribution in [1.82, 2.24) is 25.5 Å². The van der Waals surface area contributed by atoms with Crippen LogP contribution in [0.3, 0.4) is 0 Å². The molecule has 1 amide bonds. The number of aliphatic hydroxyl groups is 1. The van der Waals surface area contributed by atoms with E-state index in [0.29, 0.717) is 5.82 Å². The van der Waals surface area contributed by atoms with Crippen molar-refractivity contribution >= 4 is 23.2 Å². The Hall–Kier alpha value is -2.33. The number of amides is 1. The second-order valence-corrected chi connectivity index (χ2v) is 4.76. The van der Waals surface area contributed by atoms with E-state index in [4.69, 9.17) is 5.11 Å². The minimum atomic E-state index is -1.11. The first-order valence-electron chi connectivity index (χ1n) is 5.92. The van der Waals surface area contributed by atoms with Gasteiger partial charge in [-0.3, -0.25) is 4.79 Å². The number of esters is 1. The zero-order chi connectivity index (χ0) is 15.2. The molecule has 0 aromatic carbocycles. The number of thiophene rings is 1. The molecule has 9 nitrogen and oxygen atoms in total. The Balaban J connectivity index is 1.95. The Labute approximate surface area is 123 Å². The molecule has 2 heterocycles. The third kappa shape index (κ3) is 3.83. The summed E-state index contributed by atoms with van der Waals surface area (Å²) in [5.41, 5.74) is 0.814. The van der Waals surface area contributed by atoms with Gasteiger partial charge in [0.1, 0.15) is 6.54 Å². The van der Waals surface area contributed by atoms with Gasteiger partial charge < -0.3 is 15.2 Å². The maximum Gasteiger partial charge on any atom is 0.330 e. The van der Waals surface area contributed by atoms with Gasteiger partial charge in [0.25, 0.3) is 0 Å². The molecule has 1 atom stereocenters. The standard InChI is InChI=1S/C11H13N5O4S/c1-20-11(19)8(5-17)12-9(18)4-16-14-10(13-15-16)7-2-3-21-6-7/h2-3,6,8,17H,4-5H2,1H3,(H,12,18). The van der Waals surface area contributed by atoms with Crippen molar-refractivity contribution in [2.24, 2.45) is 0 Å². The average Bonchev–Trinajstić information content (AvgIpc) is 3.14. The predicted octanol–water partition coefficient (Wildman–Crippen LogP) is -0.948. The lowest BCUT2D eigenvalue weighted by molar-refractivity contribution is -0.146. The number of nitrogens with one attached hydrogen (secondary N) is 1. The quantitative estimate of drug-likeness (QED) is 0.660. The molecular weight excluding hydrogens is 298 g/mol. The van der Waals surface area contributed by atoms with Gasteiger partial charge in [-0.2, -0.15) is 16.1 Å². The highest BCUT2D eigenvalue weighted by Gasteiger charge is 2.21. The van der Waals surface area contributed by atoms with E-state index < -0.39 is 24.5 Å². The number of nitrogens with zero attached hydrogens (tertiary/aromatic N) is 4. The molecular formula is C11H13N5O4S. The number of hydrogen-bond acceptors (Lipinski definition) is 8. The second kappa shape index (κ2) is 6.90. The fraction of sp³-hybridized carbons (Fsp3) is 0.364. The predicted molar refractivity (Wildman–Crippen MR) is 72.2 cm³/mol. The summed E-state index contributed by atoms with van der Waals surface area (Å²) in [6.45, 7) is -0.770. The van der Waals surface area contributed by atoms with Gasteiger partial charge >= 0.3 is 5.97 Å². The van der Waals surface area contributed by atoms with Crippen LogP contribution in [-0.4, -0.2) is 56.9 Å². The van der Waals surface area contributed by atoms with Gasteiger partial charge in [-0.1, -0.05) is 0 Å². The molecule has 0 radical (unpaired) electrons. The fourth-order valence-electron chi connectivity index (χ4n) is 1.51. The van der Waals surface area contributed by atoms with Gasteiger partial charge in [0, 0.05) is 10.9 Å². The van der Waals surface area contributed by atoms with Crippen molar-refractivity contribution in [3.63, 3.8) is 0 Å². The summed E-state index contributed by atoms with van der Waals surface area (Å²) in [7, 11) is 1.17. The molecule has 2 rings (SSSR count). The van der Waals surface area contributed by atoms with Crippen LogP contribution in [0.2, 0.25) is 0 Å². The van der Waals surface area contributed by atoms with Crippen molar-refractivity contribution in [3.05, 3.63) is 16.8 Å². The minimum Gasteiger partial charge on any atom is -0.467 e. The number of aliphatic hydroxyl groups excluding tert-OH is 1. The highest BCUT2D eigenvalue weighted by Crippen LogP contribution is 2.16. The largest absolute Gasteiger partial charge is 0.467 e. The normalized spacial score (nSPS) is 11.9. The van der Waals surface area contributed by atoms with Crippen LogP contribution >= 0.6 is 11.3 Å². The van der Waals surface area contributed by atoms with Crippen molar-refractivity contribution in [2.75, 3.05) is 13.7 Å². The molecule has 0 spiro atoms. The zero-order valence-electron chi connectivity index (χ0n) is 11.1. The van der Waals surface area contributed by atoms with Gasteiger partial charge in [-0.05, 0) is 16.7 Å². The molecule has 1 unspecified atom stereocenters. The number of ether oxygens (including phenoxy) is 1. The van der Waals surface area contributed by atoms with Gasteiger partial charge in [0.15, 0.2) is 6.04 Å². The zero-order valence-corrected chi connectivity index (χ0v) is 11.9. The first-order valence-corrected chi connectivity index (χ1v) is 6.86. The minimum absolute atomic E-state index is 0.218. The molecule has 0 aliphatic heterocycles. The Kier molecular flexibility index (Phi) is 4.95. The summed E-state index contributed by atoms with van der Waals surface area (Å²) in [6, 6.07) is 0.730. The summed E-state index contributed by atoms with van der Waals surface area (Å²) in [5, 5.41) is 26.7. The van der Waals surface area contributed by atoms with E-state index in [9.17, 15) is 9.59 Å². The maximum atomic E-state index is 11.7. The molecule has 2 aromatic heterocycles. The Bertz CT molecular complexity index is 612. The summed E-state index contributed by atoms with van der Waals surface area (Å²) < 4.78 is 4.44. The van der Waals surface area contributed by atoms with E-state index in [0.717, 1.165) is 10.4 Å². The summed E-state index contributed by atoms with van der Waals surface area (Å²) >= 11 is 1.50. The number of tetrazole rings is 1. The summed E-state index contributed by atoms with van der Waals surface area (Å²) in [4.78, 5) is 24.1. The molecule has 0 saturated heterocycles. The Morgan fingerprint density at radius 2 is 2.38 bits per heavy atom. The Morgan fingerprint density at radius 3 is 3.00 bits per heavy atom. The van der Waals surface area contributed by atoms with E-state index in [1.54, 1.807) is 0 Å². The Morgan fingerprint density at radius 1 is 1.57 bits per heavy atom. The lowest BCUT2D eigenvalue weighted by Gasteiger charge is -2.13. The number of hydrogen-bond donors (Lipinski definition) is 2. The van der Waals surface area contributed by atoms with Gasteiger partial charge in [0.05, 0.1) is 13.7 Å². The molecule has 0 bridgehead atoms.